The Balaban J connectivity index is 1.70. The van der Waals surface area contributed by atoms with Crippen LogP contribution < -0.4 is 9.47 Å². The third-order valence-electron chi connectivity index (χ3n) is 5.59. The highest BCUT2D eigenvalue weighted by atomic mass is 32.1. The molecule has 1 aliphatic heterocycles. The van der Waals surface area contributed by atoms with E-state index in [9.17, 15) is 9.90 Å². The van der Waals surface area contributed by atoms with Crippen molar-refractivity contribution in [2.45, 2.75) is 18.6 Å². The van der Waals surface area contributed by atoms with E-state index in [0.29, 0.717) is 31.2 Å². The number of amides is 1. The molecule has 2 heterocycles. The average Bonchev–Trinajstić information content (AvgIpc) is 3.32. The second-order valence-corrected chi connectivity index (χ2v) is 8.97. The topological polar surface area (TPSA) is 71.5 Å². The standard InChI is InChI=1S/C26H32N2O5S/c1-4-12-27(16-20(29)18-32-14-5-2)17-26(30)28-13-10-25-21(11-15-34-25)22(28)19-33-24-9-7-6-8-23(24)31-3/h2,4,6-9,11,15,20,22,29H,1,10,12-14,16-19H2,3H3/t20-,22+/m1/s1. The maximum Gasteiger partial charge on any atom is 0.237 e. The van der Waals surface area contributed by atoms with Gasteiger partial charge in [0.05, 0.1) is 32.4 Å². The van der Waals surface area contributed by atoms with Crippen molar-refractivity contribution in [1.82, 2.24) is 9.80 Å². The van der Waals surface area contributed by atoms with E-state index < -0.39 is 6.10 Å². The van der Waals surface area contributed by atoms with Gasteiger partial charge in [0.15, 0.2) is 11.5 Å². The fourth-order valence-electron chi connectivity index (χ4n) is 4.05. The molecule has 1 aliphatic rings. The summed E-state index contributed by atoms with van der Waals surface area (Å²) in [4.78, 5) is 18.5. The number of hydrogen-bond acceptors (Lipinski definition) is 7. The highest BCUT2D eigenvalue weighted by Crippen LogP contribution is 2.35. The summed E-state index contributed by atoms with van der Waals surface area (Å²) >= 11 is 1.71. The van der Waals surface area contributed by atoms with Gasteiger partial charge in [0.2, 0.25) is 5.91 Å². The van der Waals surface area contributed by atoms with Crippen LogP contribution in [0.3, 0.4) is 0 Å². The molecular weight excluding hydrogens is 452 g/mol. The number of ether oxygens (including phenoxy) is 3. The lowest BCUT2D eigenvalue weighted by Crippen LogP contribution is -2.48. The summed E-state index contributed by atoms with van der Waals surface area (Å²) < 4.78 is 16.8. The molecule has 1 aromatic heterocycles. The minimum absolute atomic E-state index is 0.0240. The molecule has 3 rings (SSSR count). The molecule has 0 bridgehead atoms. The summed E-state index contributed by atoms with van der Waals surface area (Å²) in [7, 11) is 1.61. The molecule has 0 aliphatic carbocycles. The third-order valence-corrected chi connectivity index (χ3v) is 6.59. The number of aliphatic hydroxyl groups is 1. The molecule has 34 heavy (non-hydrogen) atoms. The Hall–Kier alpha value is -2.83. The molecule has 1 N–H and O–H groups in total. The minimum atomic E-state index is -0.754. The van der Waals surface area contributed by atoms with Gasteiger partial charge in [0.1, 0.15) is 13.2 Å². The van der Waals surface area contributed by atoms with Gasteiger partial charge in [-0.25, -0.2) is 0 Å². The number of aliphatic hydroxyl groups excluding tert-OH is 1. The lowest BCUT2D eigenvalue weighted by molar-refractivity contribution is -0.136. The Kier molecular flexibility index (Phi) is 9.98. The van der Waals surface area contributed by atoms with Gasteiger partial charge in [-0.1, -0.05) is 24.1 Å². The van der Waals surface area contributed by atoms with Crippen LogP contribution in [0, 0.1) is 12.3 Å². The molecule has 2 atom stereocenters. The number of terminal acetylenes is 1. The molecule has 0 spiro atoms. The number of para-hydroxylation sites is 2. The Morgan fingerprint density at radius 2 is 2.21 bits per heavy atom. The van der Waals surface area contributed by atoms with Gasteiger partial charge < -0.3 is 24.2 Å². The molecule has 0 radical (unpaired) electrons. The SMILES string of the molecule is C#CCOC[C@H](O)CN(CC=C)CC(=O)N1CCc2sccc2[C@@H]1COc1ccccc1OC. The fourth-order valence-corrected chi connectivity index (χ4v) is 4.98. The number of methoxy groups -OCH3 is 1. The maximum atomic E-state index is 13.4. The van der Waals surface area contributed by atoms with Crippen molar-refractivity contribution in [3.8, 4) is 23.8 Å². The number of thiophene rings is 1. The lowest BCUT2D eigenvalue weighted by atomic mass is 10.0. The predicted octanol–water partition coefficient (Wildman–Crippen LogP) is 2.76. The number of carbonyl (C=O) groups excluding carboxylic acids is 1. The van der Waals surface area contributed by atoms with Gasteiger partial charge >= 0.3 is 0 Å². The van der Waals surface area contributed by atoms with Gasteiger partial charge in [-0.2, -0.15) is 0 Å². The van der Waals surface area contributed by atoms with E-state index in [1.165, 1.54) is 4.88 Å². The molecule has 2 aromatic rings. The van der Waals surface area contributed by atoms with Crippen LogP contribution >= 0.6 is 11.3 Å². The highest BCUT2D eigenvalue weighted by molar-refractivity contribution is 7.10. The van der Waals surface area contributed by atoms with Crippen molar-refractivity contribution >= 4 is 17.2 Å². The van der Waals surface area contributed by atoms with Crippen molar-refractivity contribution in [1.29, 1.82) is 0 Å². The van der Waals surface area contributed by atoms with Crippen LogP contribution in [0.2, 0.25) is 0 Å². The summed E-state index contributed by atoms with van der Waals surface area (Å²) in [6, 6.07) is 9.35. The van der Waals surface area contributed by atoms with Gasteiger partial charge in [-0.3, -0.25) is 9.69 Å². The molecule has 0 fully saturated rings. The van der Waals surface area contributed by atoms with Gasteiger partial charge in [0, 0.05) is 24.5 Å². The molecule has 0 unspecified atom stereocenters. The van der Waals surface area contributed by atoms with Crippen LogP contribution in [0.25, 0.3) is 0 Å². The zero-order valence-electron chi connectivity index (χ0n) is 19.5. The van der Waals surface area contributed by atoms with E-state index in [0.717, 1.165) is 12.0 Å². The molecule has 1 amide bonds. The molecule has 0 saturated carbocycles. The van der Waals surface area contributed by atoms with Crippen LogP contribution in [-0.2, 0) is 16.0 Å². The molecule has 0 saturated heterocycles. The van der Waals surface area contributed by atoms with Crippen molar-refractivity contribution in [2.24, 2.45) is 0 Å². The number of carbonyl (C=O) groups is 1. The molecule has 7 nitrogen and oxygen atoms in total. The largest absolute Gasteiger partial charge is 0.493 e. The fraction of sp³-hybridized carbons (Fsp3) is 0.423. The molecule has 8 heteroatoms. The Morgan fingerprint density at radius 1 is 1.41 bits per heavy atom. The third kappa shape index (κ3) is 6.84. The Labute approximate surface area is 205 Å². The highest BCUT2D eigenvalue weighted by Gasteiger charge is 2.33. The smallest absolute Gasteiger partial charge is 0.237 e. The van der Waals surface area contributed by atoms with Crippen LogP contribution in [-0.4, -0.2) is 80.0 Å². The number of fused-ring (bicyclic) bond motifs is 1. The number of hydrogen-bond donors (Lipinski definition) is 1. The van der Waals surface area contributed by atoms with Crippen LogP contribution in [0.15, 0.2) is 48.4 Å². The molecular formula is C26H32N2O5S. The van der Waals surface area contributed by atoms with Crippen LogP contribution in [0.5, 0.6) is 11.5 Å². The number of nitrogens with zero attached hydrogens (tertiary/aromatic N) is 2. The van der Waals surface area contributed by atoms with Gasteiger partial charge in [0.25, 0.3) is 0 Å². The predicted molar refractivity (Wildman–Crippen MR) is 133 cm³/mol. The van der Waals surface area contributed by atoms with E-state index in [1.54, 1.807) is 24.5 Å². The second-order valence-electron chi connectivity index (χ2n) is 7.97. The Bertz CT molecular complexity index is 986. The number of rotatable bonds is 13. The second kappa shape index (κ2) is 13.2. The van der Waals surface area contributed by atoms with Crippen molar-refractivity contribution in [3.05, 3.63) is 58.8 Å². The average molecular weight is 485 g/mol. The summed E-state index contributed by atoms with van der Waals surface area (Å²) in [5, 5.41) is 12.3. The van der Waals surface area contributed by atoms with Crippen molar-refractivity contribution in [2.75, 3.05) is 53.1 Å². The van der Waals surface area contributed by atoms with E-state index in [-0.39, 0.29) is 38.3 Å². The van der Waals surface area contributed by atoms with E-state index in [4.69, 9.17) is 20.6 Å². The summed E-state index contributed by atoms with van der Waals surface area (Å²) in [5.74, 6) is 3.65. The zero-order chi connectivity index (χ0) is 24.3. The summed E-state index contributed by atoms with van der Waals surface area (Å²) in [6.45, 7) is 5.88. The van der Waals surface area contributed by atoms with E-state index >= 15 is 0 Å². The monoisotopic (exact) mass is 484 g/mol. The zero-order valence-corrected chi connectivity index (χ0v) is 20.3. The minimum Gasteiger partial charge on any atom is -0.493 e. The quantitative estimate of drug-likeness (QED) is 0.268. The number of benzene rings is 1. The first kappa shape index (κ1) is 25.8. The van der Waals surface area contributed by atoms with Gasteiger partial charge in [-0.05, 0) is 35.6 Å². The van der Waals surface area contributed by atoms with Gasteiger partial charge in [-0.15, -0.1) is 24.3 Å². The summed E-state index contributed by atoms with van der Waals surface area (Å²) in [5.41, 5.74) is 1.12. The first-order valence-corrected chi connectivity index (χ1v) is 12.1. The Morgan fingerprint density at radius 3 is 2.94 bits per heavy atom. The summed E-state index contributed by atoms with van der Waals surface area (Å²) in [6.07, 6.45) is 6.96. The molecule has 1 aromatic carbocycles. The van der Waals surface area contributed by atoms with Crippen molar-refractivity contribution < 1.29 is 24.1 Å². The molecule has 182 valence electrons. The first-order valence-electron chi connectivity index (χ1n) is 11.2. The lowest BCUT2D eigenvalue weighted by Gasteiger charge is -2.37. The van der Waals surface area contributed by atoms with Crippen molar-refractivity contribution in [3.63, 3.8) is 0 Å². The van der Waals surface area contributed by atoms with Crippen LogP contribution in [0.1, 0.15) is 16.5 Å². The van der Waals surface area contributed by atoms with E-state index in [1.807, 2.05) is 34.1 Å². The maximum absolute atomic E-state index is 13.4. The normalized spacial score (nSPS) is 15.9. The first-order chi connectivity index (χ1) is 16.6. The van der Waals surface area contributed by atoms with Crippen LogP contribution in [0.4, 0.5) is 0 Å². The van der Waals surface area contributed by atoms with E-state index in [2.05, 4.69) is 23.9 Å².